The maximum absolute atomic E-state index is 12.8. The molecule has 5 rings (SSSR count). The fourth-order valence-corrected chi connectivity index (χ4v) is 5.97. The van der Waals surface area contributed by atoms with Crippen LogP contribution in [0.15, 0.2) is 77.6 Å². The van der Waals surface area contributed by atoms with E-state index in [0.29, 0.717) is 18.7 Å². The summed E-state index contributed by atoms with van der Waals surface area (Å²) in [6.07, 6.45) is 2.76. The smallest absolute Gasteiger partial charge is 0.326 e. The van der Waals surface area contributed by atoms with Crippen molar-refractivity contribution in [2.75, 3.05) is 32.7 Å². The summed E-state index contributed by atoms with van der Waals surface area (Å²) >= 11 is 0. The third-order valence-electron chi connectivity index (χ3n) is 8.16. The number of benzene rings is 3. The molecule has 1 aliphatic rings. The van der Waals surface area contributed by atoms with Gasteiger partial charge in [0, 0.05) is 43.7 Å². The van der Waals surface area contributed by atoms with Crippen molar-refractivity contribution in [2.24, 2.45) is 0 Å². The average molecular weight is 563 g/mol. The largest absolute Gasteiger partial charge is 0.508 e. The third kappa shape index (κ3) is 6.26. The number of piperidine rings is 1. The van der Waals surface area contributed by atoms with Crippen LogP contribution in [0.5, 0.6) is 5.75 Å². The van der Waals surface area contributed by atoms with Gasteiger partial charge < -0.3 is 19.9 Å². The molecule has 0 spiro atoms. The van der Waals surface area contributed by atoms with Gasteiger partial charge in [0.1, 0.15) is 5.75 Å². The zero-order valence-corrected chi connectivity index (χ0v) is 24.1. The lowest BCUT2D eigenvalue weighted by atomic mass is 9.87. The summed E-state index contributed by atoms with van der Waals surface area (Å²) in [7, 11) is 0. The average Bonchev–Trinajstić information content (AvgIpc) is 3.30. The van der Waals surface area contributed by atoms with E-state index >= 15 is 0 Å². The van der Waals surface area contributed by atoms with Crippen LogP contribution in [-0.2, 0) is 0 Å². The van der Waals surface area contributed by atoms with Gasteiger partial charge in [0.15, 0.2) is 0 Å². The molecule has 0 aliphatic carbocycles. The number of carbonyl (C=O) groups excluding carboxylic acids is 1. The zero-order chi connectivity index (χ0) is 27.4. The Morgan fingerprint density at radius 1 is 0.975 bits per heavy atom. The number of aromatic hydroxyl groups is 1. The first-order valence-corrected chi connectivity index (χ1v) is 14.1. The minimum absolute atomic E-state index is 0. The molecule has 0 saturated carbocycles. The lowest BCUT2D eigenvalue weighted by Crippen LogP contribution is -2.37. The number of amides is 1. The number of fused-ring (bicyclic) bond motifs is 1. The highest BCUT2D eigenvalue weighted by molar-refractivity contribution is 5.94. The van der Waals surface area contributed by atoms with E-state index in [1.54, 1.807) is 6.07 Å². The van der Waals surface area contributed by atoms with Crippen molar-refractivity contribution >= 4 is 29.3 Å². The minimum Gasteiger partial charge on any atom is -0.508 e. The van der Waals surface area contributed by atoms with Gasteiger partial charge in [0.05, 0.1) is 11.0 Å². The number of nitrogens with zero attached hydrogens (tertiary/aromatic N) is 3. The quantitative estimate of drug-likeness (QED) is 0.270. The van der Waals surface area contributed by atoms with Crippen molar-refractivity contribution in [3.8, 4) is 5.75 Å². The molecule has 2 N–H and O–H groups in total. The zero-order valence-electron chi connectivity index (χ0n) is 23.3. The standard InChI is InChI=1S/C32H38N4O3.ClH/c1-3-35(4-2)31(38)24-14-12-23(13-15-24)28(25-8-7-9-27(37)22-25)18-21-34-19-16-26(17-20-34)36-30-11-6-5-10-29(30)33-32(36)39;/h5-15,22,26,28,37H,3-4,16-21H2,1-2H3,(H,33,39);1H. The van der Waals surface area contributed by atoms with Crippen molar-refractivity contribution in [2.45, 2.75) is 45.1 Å². The van der Waals surface area contributed by atoms with E-state index in [9.17, 15) is 14.7 Å². The molecule has 3 aromatic carbocycles. The summed E-state index contributed by atoms with van der Waals surface area (Å²) in [6, 6.07) is 23.6. The van der Waals surface area contributed by atoms with E-state index in [1.165, 1.54) is 0 Å². The van der Waals surface area contributed by atoms with Gasteiger partial charge >= 0.3 is 5.69 Å². The topological polar surface area (TPSA) is 81.6 Å². The lowest BCUT2D eigenvalue weighted by molar-refractivity contribution is 0.0773. The van der Waals surface area contributed by atoms with Crippen LogP contribution >= 0.6 is 12.4 Å². The van der Waals surface area contributed by atoms with Crippen LogP contribution in [0.2, 0.25) is 0 Å². The molecule has 1 amide bonds. The maximum atomic E-state index is 12.8. The van der Waals surface area contributed by atoms with Gasteiger partial charge in [0.25, 0.3) is 5.91 Å². The number of aromatic amines is 1. The van der Waals surface area contributed by atoms with Gasteiger partial charge in [-0.15, -0.1) is 12.4 Å². The Bertz CT molecular complexity index is 1470. The Labute approximate surface area is 241 Å². The second-order valence-electron chi connectivity index (χ2n) is 10.4. The number of nitrogens with one attached hydrogen (secondary N) is 1. The number of carbonyl (C=O) groups is 1. The van der Waals surface area contributed by atoms with Gasteiger partial charge in [-0.3, -0.25) is 9.36 Å². The van der Waals surface area contributed by atoms with Crippen LogP contribution in [-0.4, -0.2) is 63.1 Å². The highest BCUT2D eigenvalue weighted by atomic mass is 35.5. The van der Waals surface area contributed by atoms with Crippen molar-refractivity contribution < 1.29 is 9.90 Å². The fraction of sp³-hybridized carbons (Fsp3) is 0.375. The Hall–Kier alpha value is -3.55. The molecule has 1 aromatic heterocycles. The van der Waals surface area contributed by atoms with Crippen molar-refractivity contribution in [3.63, 3.8) is 0 Å². The Morgan fingerprint density at radius 2 is 1.68 bits per heavy atom. The molecule has 40 heavy (non-hydrogen) atoms. The number of phenolic OH excluding ortho intramolecular Hbond substituents is 1. The number of phenols is 1. The summed E-state index contributed by atoms with van der Waals surface area (Å²) < 4.78 is 1.93. The number of aromatic nitrogens is 2. The third-order valence-corrected chi connectivity index (χ3v) is 8.16. The molecule has 1 saturated heterocycles. The second-order valence-corrected chi connectivity index (χ2v) is 10.4. The molecule has 1 fully saturated rings. The number of imidazole rings is 1. The Balaban J connectivity index is 0.00000370. The molecule has 7 nitrogen and oxygen atoms in total. The van der Waals surface area contributed by atoms with Crippen LogP contribution in [0.3, 0.4) is 0 Å². The minimum atomic E-state index is -0.0264. The van der Waals surface area contributed by atoms with Crippen molar-refractivity contribution in [3.05, 3.63) is 100.0 Å². The fourth-order valence-electron chi connectivity index (χ4n) is 5.97. The van der Waals surface area contributed by atoms with Crippen LogP contribution in [0.4, 0.5) is 0 Å². The number of H-pyrrole nitrogens is 1. The first kappa shape index (κ1) is 29.4. The Morgan fingerprint density at radius 3 is 2.35 bits per heavy atom. The van der Waals surface area contributed by atoms with E-state index < -0.39 is 0 Å². The number of para-hydroxylation sites is 2. The van der Waals surface area contributed by atoms with E-state index in [-0.39, 0.29) is 41.7 Å². The van der Waals surface area contributed by atoms with Crippen LogP contribution in [0.25, 0.3) is 11.0 Å². The van der Waals surface area contributed by atoms with Crippen LogP contribution < -0.4 is 5.69 Å². The van der Waals surface area contributed by atoms with Crippen LogP contribution in [0, 0.1) is 0 Å². The molecule has 0 bridgehead atoms. The first-order chi connectivity index (χ1) is 19.0. The predicted molar refractivity (Wildman–Crippen MR) is 163 cm³/mol. The predicted octanol–water partition coefficient (Wildman–Crippen LogP) is 5.80. The monoisotopic (exact) mass is 562 g/mol. The molecule has 0 radical (unpaired) electrons. The Kier molecular flexibility index (Phi) is 9.71. The highest BCUT2D eigenvalue weighted by Crippen LogP contribution is 2.32. The van der Waals surface area contributed by atoms with E-state index in [2.05, 4.69) is 28.1 Å². The summed E-state index contributed by atoms with van der Waals surface area (Å²) in [6.45, 7) is 8.14. The van der Waals surface area contributed by atoms with Gasteiger partial charge in [-0.2, -0.15) is 0 Å². The highest BCUT2D eigenvalue weighted by Gasteiger charge is 2.25. The van der Waals surface area contributed by atoms with Gasteiger partial charge in [0.2, 0.25) is 0 Å². The summed E-state index contributed by atoms with van der Waals surface area (Å²) in [5.41, 5.74) is 4.75. The lowest BCUT2D eigenvalue weighted by Gasteiger charge is -2.33. The molecule has 2 heterocycles. The number of hydrogen-bond acceptors (Lipinski definition) is 4. The number of rotatable bonds is 9. The van der Waals surface area contributed by atoms with Crippen molar-refractivity contribution in [1.29, 1.82) is 0 Å². The summed E-state index contributed by atoms with van der Waals surface area (Å²) in [4.78, 5) is 32.8. The van der Waals surface area contributed by atoms with Gasteiger partial charge in [-0.1, -0.05) is 36.4 Å². The first-order valence-electron chi connectivity index (χ1n) is 14.1. The van der Waals surface area contributed by atoms with Gasteiger partial charge in [-0.25, -0.2) is 4.79 Å². The van der Waals surface area contributed by atoms with Crippen LogP contribution in [0.1, 0.15) is 66.6 Å². The molecule has 8 heteroatoms. The molecule has 1 unspecified atom stereocenters. The van der Waals surface area contributed by atoms with E-state index in [4.69, 9.17) is 0 Å². The summed E-state index contributed by atoms with van der Waals surface area (Å²) in [5.74, 6) is 0.414. The molecule has 212 valence electrons. The van der Waals surface area contributed by atoms with E-state index in [0.717, 1.165) is 61.1 Å². The van der Waals surface area contributed by atoms with Gasteiger partial charge in [-0.05, 0) is 87.2 Å². The summed E-state index contributed by atoms with van der Waals surface area (Å²) in [5, 5.41) is 10.2. The molecule has 4 aromatic rings. The molecule has 1 aliphatic heterocycles. The molecular formula is C32H39ClN4O3. The van der Waals surface area contributed by atoms with E-state index in [1.807, 2.05) is 71.8 Å². The number of halogens is 1. The molecular weight excluding hydrogens is 524 g/mol. The number of hydrogen-bond donors (Lipinski definition) is 2. The molecule has 1 atom stereocenters. The normalized spacial score (nSPS) is 15.1. The maximum Gasteiger partial charge on any atom is 0.326 e. The van der Waals surface area contributed by atoms with Crippen molar-refractivity contribution in [1.82, 2.24) is 19.4 Å². The second kappa shape index (κ2) is 13.2. The number of likely N-dealkylation sites (tertiary alicyclic amines) is 1. The SMILES string of the molecule is CCN(CC)C(=O)c1ccc(C(CCN2CCC(n3c(=O)[nH]c4ccccc43)CC2)c2cccc(O)c2)cc1.Cl.